The molecule has 0 radical (unpaired) electrons. The van der Waals surface area contributed by atoms with Gasteiger partial charge < -0.3 is 9.26 Å². The van der Waals surface area contributed by atoms with E-state index in [2.05, 4.69) is 13.4 Å². The molecule has 0 aromatic rings. The first-order chi connectivity index (χ1) is 6.80. The molecule has 0 aromatic heterocycles. The number of methoxy groups -OCH3 is 1. The van der Waals surface area contributed by atoms with Crippen molar-refractivity contribution >= 4 is 24.1 Å². The molecule has 0 aromatic carbocycles. The molecule has 0 saturated carbocycles. The highest BCUT2D eigenvalue weighted by Crippen LogP contribution is 2.23. The summed E-state index contributed by atoms with van der Waals surface area (Å²) in [5.41, 5.74) is 0. The third-order valence-corrected chi connectivity index (χ3v) is 3.08. The zero-order valence-corrected chi connectivity index (χ0v) is 10.4. The molecule has 0 N–H and O–H groups in total. The summed E-state index contributed by atoms with van der Waals surface area (Å²) in [6.07, 6.45) is -0.968. The van der Waals surface area contributed by atoms with E-state index in [9.17, 15) is 17.8 Å². The van der Waals surface area contributed by atoms with Crippen molar-refractivity contribution in [3.8, 4) is 0 Å². The van der Waals surface area contributed by atoms with E-state index in [1.807, 2.05) is 0 Å². The molecule has 7 nitrogen and oxygen atoms in total. The van der Waals surface area contributed by atoms with Gasteiger partial charge in [0.05, 0.1) is 19.5 Å². The van der Waals surface area contributed by atoms with Crippen LogP contribution in [0.15, 0.2) is 0 Å². The second kappa shape index (κ2) is 6.22. The number of ether oxygens (including phenoxy) is 1. The van der Waals surface area contributed by atoms with Crippen molar-refractivity contribution < 1.29 is 31.2 Å². The molecule has 0 saturated heterocycles. The minimum atomic E-state index is -3.81. The summed E-state index contributed by atoms with van der Waals surface area (Å²) in [4.78, 5) is 11.1. The Bertz CT molecular complexity index is 335. The summed E-state index contributed by atoms with van der Waals surface area (Å²) in [5, 5.41) is 0. The molecule has 0 amide bonds. The van der Waals surface area contributed by atoms with Crippen LogP contribution >= 0.6 is 8.03 Å². The van der Waals surface area contributed by atoms with Crippen LogP contribution in [0.3, 0.4) is 0 Å². The van der Waals surface area contributed by atoms with Gasteiger partial charge in [0.2, 0.25) is 0 Å². The molecule has 0 aliphatic carbocycles. The lowest BCUT2D eigenvalue weighted by atomic mass is 10.4. The summed E-state index contributed by atoms with van der Waals surface area (Å²) in [7, 11) is -4.04. The van der Waals surface area contributed by atoms with E-state index in [1.165, 1.54) is 7.11 Å². The Morgan fingerprint density at radius 3 is 2.27 bits per heavy atom. The Labute approximate surface area is 88.7 Å². The minimum absolute atomic E-state index is 0.332. The standard InChI is InChI=1S/C6H13O7PS/c1-11-6(7)5(4-14(8)12-2)13-15(3,9)10/h5,14H,4H2,1-3H3. The van der Waals surface area contributed by atoms with Crippen molar-refractivity contribution in [2.45, 2.75) is 6.10 Å². The van der Waals surface area contributed by atoms with Crippen LogP contribution < -0.4 is 0 Å². The Morgan fingerprint density at radius 1 is 1.40 bits per heavy atom. The van der Waals surface area contributed by atoms with E-state index >= 15 is 0 Å². The molecule has 2 atom stereocenters. The van der Waals surface area contributed by atoms with Crippen LogP contribution in [0.25, 0.3) is 0 Å². The number of esters is 1. The average Bonchev–Trinajstić information content (AvgIpc) is 2.13. The van der Waals surface area contributed by atoms with E-state index in [0.29, 0.717) is 0 Å². The molecular formula is C6H13O7PS. The molecule has 2 unspecified atom stereocenters. The fourth-order valence-electron chi connectivity index (χ4n) is 0.734. The fourth-order valence-corrected chi connectivity index (χ4v) is 2.14. The molecule has 90 valence electrons. The third-order valence-electron chi connectivity index (χ3n) is 1.33. The highest BCUT2D eigenvalue weighted by atomic mass is 32.2. The van der Waals surface area contributed by atoms with Crippen molar-refractivity contribution in [3.63, 3.8) is 0 Å². The van der Waals surface area contributed by atoms with E-state index in [1.54, 1.807) is 0 Å². The van der Waals surface area contributed by atoms with Crippen LogP contribution in [-0.4, -0.2) is 47.1 Å². The average molecular weight is 260 g/mol. The topological polar surface area (TPSA) is 96.0 Å². The van der Waals surface area contributed by atoms with Crippen LogP contribution in [0.1, 0.15) is 0 Å². The van der Waals surface area contributed by atoms with Gasteiger partial charge in [-0.05, 0) is 0 Å². The van der Waals surface area contributed by atoms with Gasteiger partial charge in [0.25, 0.3) is 10.1 Å². The zero-order chi connectivity index (χ0) is 12.1. The van der Waals surface area contributed by atoms with Crippen LogP contribution in [0.2, 0.25) is 0 Å². The maximum absolute atomic E-state index is 11.1. The normalized spacial score (nSPS) is 15.7. The molecule has 0 aliphatic rings. The Hall–Kier alpha value is -0.430. The predicted molar refractivity (Wildman–Crippen MR) is 52.6 cm³/mol. The van der Waals surface area contributed by atoms with Gasteiger partial charge in [-0.1, -0.05) is 0 Å². The predicted octanol–water partition coefficient (Wildman–Crippen LogP) is -0.375. The van der Waals surface area contributed by atoms with Crippen molar-refractivity contribution in [1.29, 1.82) is 0 Å². The maximum Gasteiger partial charge on any atom is 0.337 e. The van der Waals surface area contributed by atoms with Crippen LogP contribution in [-0.2, 0) is 32.9 Å². The van der Waals surface area contributed by atoms with Gasteiger partial charge in [-0.15, -0.1) is 0 Å². The van der Waals surface area contributed by atoms with Gasteiger partial charge in [-0.25, -0.2) is 4.79 Å². The molecule has 15 heavy (non-hydrogen) atoms. The molecule has 0 fully saturated rings. The SMILES string of the molecule is COC(=O)C(C[PH](=O)OC)OS(C)(=O)=O. The van der Waals surface area contributed by atoms with Crippen molar-refractivity contribution in [2.75, 3.05) is 26.6 Å². The zero-order valence-electron chi connectivity index (χ0n) is 8.55. The highest BCUT2D eigenvalue weighted by molar-refractivity contribution is 7.86. The largest absolute Gasteiger partial charge is 0.467 e. The first-order valence-electron chi connectivity index (χ1n) is 3.83. The summed E-state index contributed by atoms with van der Waals surface area (Å²) in [6, 6.07) is 0. The smallest absolute Gasteiger partial charge is 0.337 e. The first-order valence-corrected chi connectivity index (χ1v) is 7.17. The molecule has 9 heteroatoms. The fraction of sp³-hybridized carbons (Fsp3) is 0.833. The van der Waals surface area contributed by atoms with E-state index in [4.69, 9.17) is 0 Å². The Balaban J connectivity index is 4.60. The number of carbonyl (C=O) groups excluding carboxylic acids is 1. The van der Waals surface area contributed by atoms with Gasteiger partial charge in [0.1, 0.15) is 0 Å². The lowest BCUT2D eigenvalue weighted by Crippen LogP contribution is -2.30. The van der Waals surface area contributed by atoms with Gasteiger partial charge in [-0.2, -0.15) is 8.42 Å². The maximum atomic E-state index is 11.1. The summed E-state index contributed by atoms with van der Waals surface area (Å²) >= 11 is 0. The molecular weight excluding hydrogens is 247 g/mol. The van der Waals surface area contributed by atoms with Crippen molar-refractivity contribution in [3.05, 3.63) is 0 Å². The van der Waals surface area contributed by atoms with Gasteiger partial charge in [0, 0.05) is 7.11 Å². The van der Waals surface area contributed by atoms with Crippen molar-refractivity contribution in [2.24, 2.45) is 0 Å². The van der Waals surface area contributed by atoms with Gasteiger partial charge in [0.15, 0.2) is 14.1 Å². The third kappa shape index (κ3) is 6.62. The summed E-state index contributed by atoms with van der Waals surface area (Å²) < 4.78 is 45.7. The molecule has 0 heterocycles. The second-order valence-corrected chi connectivity index (χ2v) is 5.75. The second-order valence-electron chi connectivity index (χ2n) is 2.59. The van der Waals surface area contributed by atoms with Crippen LogP contribution in [0.4, 0.5) is 0 Å². The summed E-state index contributed by atoms with van der Waals surface area (Å²) in [5.74, 6) is -0.907. The van der Waals surface area contributed by atoms with E-state index < -0.39 is 30.2 Å². The first kappa shape index (κ1) is 14.6. The Morgan fingerprint density at radius 2 is 1.93 bits per heavy atom. The lowest BCUT2D eigenvalue weighted by molar-refractivity contribution is -0.147. The van der Waals surface area contributed by atoms with Crippen LogP contribution in [0, 0.1) is 0 Å². The number of carbonyl (C=O) groups is 1. The minimum Gasteiger partial charge on any atom is -0.467 e. The number of hydrogen-bond donors (Lipinski definition) is 0. The van der Waals surface area contributed by atoms with E-state index in [-0.39, 0.29) is 6.16 Å². The highest BCUT2D eigenvalue weighted by Gasteiger charge is 2.26. The molecule has 0 aliphatic heterocycles. The summed E-state index contributed by atoms with van der Waals surface area (Å²) in [6.45, 7) is 0. The van der Waals surface area contributed by atoms with Crippen molar-refractivity contribution in [1.82, 2.24) is 0 Å². The molecule has 0 spiro atoms. The van der Waals surface area contributed by atoms with E-state index in [0.717, 1.165) is 13.4 Å². The monoisotopic (exact) mass is 260 g/mol. The van der Waals surface area contributed by atoms with Gasteiger partial charge >= 0.3 is 5.97 Å². The molecule has 0 rings (SSSR count). The van der Waals surface area contributed by atoms with Gasteiger partial charge in [-0.3, -0.25) is 8.75 Å². The Kier molecular flexibility index (Phi) is 6.04. The molecule has 0 bridgehead atoms. The number of rotatable bonds is 6. The van der Waals surface area contributed by atoms with Crippen LogP contribution in [0.5, 0.6) is 0 Å². The lowest BCUT2D eigenvalue weighted by Gasteiger charge is -2.12. The number of hydrogen-bond acceptors (Lipinski definition) is 7. The quantitative estimate of drug-likeness (QED) is 0.365.